The van der Waals surface area contributed by atoms with Gasteiger partial charge >= 0.3 is 5.97 Å². The van der Waals surface area contributed by atoms with Crippen LogP contribution in [0.3, 0.4) is 0 Å². The van der Waals surface area contributed by atoms with E-state index in [1.807, 2.05) is 32.2 Å². The van der Waals surface area contributed by atoms with Gasteiger partial charge in [0.05, 0.1) is 17.8 Å². The third-order valence-electron chi connectivity index (χ3n) is 7.96. The average molecular weight is 485 g/mol. The van der Waals surface area contributed by atoms with E-state index in [2.05, 4.69) is 29.4 Å². The van der Waals surface area contributed by atoms with Crippen LogP contribution in [0.4, 0.5) is 0 Å². The summed E-state index contributed by atoms with van der Waals surface area (Å²) >= 11 is 0. The summed E-state index contributed by atoms with van der Waals surface area (Å²) in [5.41, 5.74) is 8.38. The van der Waals surface area contributed by atoms with E-state index < -0.39 is 5.97 Å². The van der Waals surface area contributed by atoms with Crippen molar-refractivity contribution in [1.29, 1.82) is 0 Å². The molecule has 0 bridgehead atoms. The van der Waals surface area contributed by atoms with Crippen molar-refractivity contribution >= 4 is 11.5 Å². The number of hydrogen-bond acceptors (Lipinski definition) is 4. The van der Waals surface area contributed by atoms with Crippen molar-refractivity contribution in [3.63, 3.8) is 0 Å². The average Bonchev–Trinajstić information content (AvgIpc) is 3.03. The lowest BCUT2D eigenvalue weighted by atomic mass is 9.85. The highest BCUT2D eigenvalue weighted by Crippen LogP contribution is 2.38. The maximum atomic E-state index is 11.2. The van der Waals surface area contributed by atoms with Gasteiger partial charge in [-0.05, 0) is 67.7 Å². The molecule has 1 fully saturated rings. The summed E-state index contributed by atoms with van der Waals surface area (Å²) in [5.74, 6) is 1.33. The van der Waals surface area contributed by atoms with Gasteiger partial charge in [0.1, 0.15) is 5.76 Å². The minimum atomic E-state index is -0.807. The molecular weight excluding hydrogens is 448 g/mol. The largest absolute Gasteiger partial charge is 0.481 e. The Labute approximate surface area is 213 Å². The van der Waals surface area contributed by atoms with Crippen LogP contribution in [-0.2, 0) is 17.6 Å². The zero-order valence-electron chi connectivity index (χ0n) is 21.4. The monoisotopic (exact) mass is 484 g/mol. The van der Waals surface area contributed by atoms with Crippen molar-refractivity contribution in [2.24, 2.45) is 11.8 Å². The van der Waals surface area contributed by atoms with Gasteiger partial charge in [0.15, 0.2) is 0 Å². The maximum absolute atomic E-state index is 11.2. The van der Waals surface area contributed by atoms with Gasteiger partial charge in [-0.15, -0.1) is 0 Å². The van der Waals surface area contributed by atoms with Crippen LogP contribution in [0.1, 0.15) is 85.2 Å². The van der Waals surface area contributed by atoms with E-state index >= 15 is 0 Å². The molecule has 2 aliphatic rings. The van der Waals surface area contributed by atoms with E-state index in [0.29, 0.717) is 5.92 Å². The van der Waals surface area contributed by atoms with Gasteiger partial charge in [0.25, 0.3) is 0 Å². The second-order valence-electron chi connectivity index (χ2n) is 10.7. The Balaban J connectivity index is 1.51. The SMILES string of the molecule is Cc1noc(C)c1-c1cnc2c(c1)CCC(CC1CCCCCC1)C=C2c1ccc(CC(=O)O)cc1. The Hall–Kier alpha value is -3.21. The van der Waals surface area contributed by atoms with E-state index in [-0.39, 0.29) is 6.42 Å². The van der Waals surface area contributed by atoms with Gasteiger partial charge < -0.3 is 9.63 Å². The van der Waals surface area contributed by atoms with Gasteiger partial charge in [-0.2, -0.15) is 0 Å². The van der Waals surface area contributed by atoms with E-state index in [1.165, 1.54) is 56.1 Å². The second-order valence-corrected chi connectivity index (χ2v) is 10.7. The quantitative estimate of drug-likeness (QED) is 0.371. The fraction of sp³-hybridized carbons (Fsp3) is 0.452. The predicted octanol–water partition coefficient (Wildman–Crippen LogP) is 7.34. The van der Waals surface area contributed by atoms with Gasteiger partial charge in [0, 0.05) is 22.9 Å². The zero-order chi connectivity index (χ0) is 25.1. The molecule has 0 saturated heterocycles. The molecule has 2 aliphatic carbocycles. The summed E-state index contributed by atoms with van der Waals surface area (Å²) in [6.45, 7) is 3.93. The Morgan fingerprint density at radius 3 is 2.44 bits per heavy atom. The number of hydrogen-bond donors (Lipinski definition) is 1. The molecule has 1 aromatic carbocycles. The number of aryl methyl sites for hydroxylation is 3. The smallest absolute Gasteiger partial charge is 0.307 e. The van der Waals surface area contributed by atoms with E-state index in [0.717, 1.165) is 58.2 Å². The molecule has 2 aromatic heterocycles. The molecule has 5 heteroatoms. The van der Waals surface area contributed by atoms with Crippen molar-refractivity contribution < 1.29 is 14.4 Å². The fourth-order valence-corrected chi connectivity index (χ4v) is 6.14. The highest BCUT2D eigenvalue weighted by molar-refractivity contribution is 5.82. The van der Waals surface area contributed by atoms with Crippen LogP contribution in [0.5, 0.6) is 0 Å². The Bertz CT molecular complexity index is 1230. The number of carboxylic acid groups (broad SMARTS) is 1. The first-order chi connectivity index (χ1) is 17.5. The van der Waals surface area contributed by atoms with Crippen LogP contribution in [0.2, 0.25) is 0 Å². The molecule has 0 amide bonds. The number of nitrogens with zero attached hydrogens (tertiary/aromatic N) is 2. The molecule has 0 spiro atoms. The topological polar surface area (TPSA) is 76.2 Å². The molecular formula is C31H36N2O3. The van der Waals surface area contributed by atoms with Gasteiger partial charge in [-0.25, -0.2) is 0 Å². The molecule has 36 heavy (non-hydrogen) atoms. The fourth-order valence-electron chi connectivity index (χ4n) is 6.14. The number of benzene rings is 1. The number of pyridine rings is 1. The molecule has 1 N–H and O–H groups in total. The lowest BCUT2D eigenvalue weighted by Gasteiger charge is -2.20. The molecule has 1 saturated carbocycles. The molecule has 0 radical (unpaired) electrons. The third kappa shape index (κ3) is 5.45. The number of carboxylic acids is 1. The summed E-state index contributed by atoms with van der Waals surface area (Å²) in [5, 5.41) is 13.3. The van der Waals surface area contributed by atoms with Crippen molar-refractivity contribution in [3.8, 4) is 11.1 Å². The summed E-state index contributed by atoms with van der Waals surface area (Å²) < 4.78 is 5.43. The molecule has 5 nitrogen and oxygen atoms in total. The van der Waals surface area contributed by atoms with Crippen molar-refractivity contribution in [2.45, 2.75) is 78.1 Å². The minimum absolute atomic E-state index is 0.0409. The lowest BCUT2D eigenvalue weighted by Crippen LogP contribution is -2.07. The number of allylic oxidation sites excluding steroid dienone is 1. The lowest BCUT2D eigenvalue weighted by molar-refractivity contribution is -0.136. The van der Waals surface area contributed by atoms with Gasteiger partial charge in [-0.1, -0.05) is 74.0 Å². The Morgan fingerprint density at radius 2 is 1.78 bits per heavy atom. The summed E-state index contributed by atoms with van der Waals surface area (Å²) in [7, 11) is 0. The highest BCUT2D eigenvalue weighted by atomic mass is 16.5. The van der Waals surface area contributed by atoms with Crippen molar-refractivity contribution in [2.75, 3.05) is 0 Å². The number of rotatable bonds is 6. The van der Waals surface area contributed by atoms with Crippen molar-refractivity contribution in [3.05, 3.63) is 76.4 Å². The standard InChI is InChI=1S/C31H36N2O3/c1-20-30(21(2)36-33-20)27-18-26-14-11-24(15-22-7-5-3-4-6-8-22)16-28(31(26)32-19-27)25-12-9-23(10-13-25)17-29(34)35/h9-10,12-13,16,18-19,22,24H,3-8,11,14-15,17H2,1-2H3,(H,34,35). The summed E-state index contributed by atoms with van der Waals surface area (Å²) in [4.78, 5) is 16.2. The van der Waals surface area contributed by atoms with Gasteiger partial charge in [0.2, 0.25) is 0 Å². The van der Waals surface area contributed by atoms with Crippen LogP contribution >= 0.6 is 0 Å². The molecule has 1 atom stereocenters. The van der Waals surface area contributed by atoms with Gasteiger partial charge in [-0.3, -0.25) is 9.78 Å². The summed E-state index contributed by atoms with van der Waals surface area (Å²) in [6.07, 6.45) is 16.0. The third-order valence-corrected chi connectivity index (χ3v) is 7.96. The van der Waals surface area contributed by atoms with Crippen LogP contribution in [0, 0.1) is 25.7 Å². The Morgan fingerprint density at radius 1 is 1.03 bits per heavy atom. The number of fused-ring (bicyclic) bond motifs is 1. The molecule has 1 unspecified atom stereocenters. The first-order valence-corrected chi connectivity index (χ1v) is 13.4. The van der Waals surface area contributed by atoms with Crippen LogP contribution in [0.15, 0.2) is 47.1 Å². The van der Waals surface area contributed by atoms with Crippen LogP contribution in [0.25, 0.3) is 16.7 Å². The van der Waals surface area contributed by atoms with E-state index in [1.54, 1.807) is 0 Å². The van der Waals surface area contributed by atoms with E-state index in [9.17, 15) is 9.90 Å². The summed E-state index contributed by atoms with van der Waals surface area (Å²) in [6, 6.07) is 10.3. The maximum Gasteiger partial charge on any atom is 0.307 e. The van der Waals surface area contributed by atoms with Crippen molar-refractivity contribution in [1.82, 2.24) is 10.1 Å². The molecule has 188 valence electrons. The molecule has 2 heterocycles. The zero-order valence-corrected chi connectivity index (χ0v) is 21.4. The van der Waals surface area contributed by atoms with Crippen LogP contribution in [-0.4, -0.2) is 21.2 Å². The van der Waals surface area contributed by atoms with Crippen LogP contribution < -0.4 is 0 Å². The molecule has 0 aliphatic heterocycles. The predicted molar refractivity (Wildman–Crippen MR) is 142 cm³/mol. The first-order valence-electron chi connectivity index (χ1n) is 13.4. The van der Waals surface area contributed by atoms with E-state index in [4.69, 9.17) is 9.51 Å². The minimum Gasteiger partial charge on any atom is -0.481 e. The highest BCUT2D eigenvalue weighted by Gasteiger charge is 2.24. The molecule has 3 aromatic rings. The molecule has 5 rings (SSSR count). The normalized spacial score (nSPS) is 18.7. The number of carbonyl (C=O) groups is 1. The Kier molecular flexibility index (Phi) is 7.35. The second kappa shape index (κ2) is 10.8. The first kappa shape index (κ1) is 24.5. The number of aliphatic carboxylic acids is 1. The number of aromatic nitrogens is 2.